The third kappa shape index (κ3) is 4.86. The average molecular weight is 227 g/mol. The first-order valence-electron chi connectivity index (χ1n) is 4.79. The number of aliphatic hydroxyl groups is 1. The van der Waals surface area contributed by atoms with Crippen LogP contribution >= 0.6 is 11.6 Å². The van der Waals surface area contributed by atoms with E-state index in [0.29, 0.717) is 10.8 Å². The molecule has 0 aliphatic carbocycles. The average Bonchev–Trinajstić information content (AvgIpc) is 2.14. The molecule has 1 unspecified atom stereocenters. The Bertz CT molecular complexity index is 343. The molecule has 0 bridgehead atoms. The first-order valence-corrected chi connectivity index (χ1v) is 5.17. The predicted molar refractivity (Wildman–Crippen MR) is 62.4 cm³/mol. The van der Waals surface area contributed by atoms with E-state index in [1.807, 2.05) is 19.9 Å². The molecule has 1 aromatic rings. The quantitative estimate of drug-likeness (QED) is 0.800. The zero-order valence-electron chi connectivity index (χ0n) is 8.90. The fourth-order valence-electron chi connectivity index (χ4n) is 1.17. The lowest BCUT2D eigenvalue weighted by molar-refractivity contribution is 0.144. The smallest absolute Gasteiger partial charge is 0.120 e. The van der Waals surface area contributed by atoms with Gasteiger partial charge in [-0.15, -0.1) is 0 Å². The third-order valence-electron chi connectivity index (χ3n) is 1.74. The normalized spacial score (nSPS) is 12.0. The van der Waals surface area contributed by atoms with Gasteiger partial charge < -0.3 is 9.84 Å². The molecule has 0 spiro atoms. The number of benzene rings is 1. The van der Waals surface area contributed by atoms with Crippen molar-refractivity contribution < 1.29 is 9.84 Å². The zero-order valence-corrected chi connectivity index (χ0v) is 9.66. The molecule has 0 aliphatic rings. The van der Waals surface area contributed by atoms with Gasteiger partial charge in [0.25, 0.3) is 0 Å². The van der Waals surface area contributed by atoms with E-state index < -0.39 is 6.10 Å². The number of aliphatic hydroxyl groups excluding tert-OH is 1. The van der Waals surface area contributed by atoms with Crippen LogP contribution in [0.1, 0.15) is 13.8 Å². The summed E-state index contributed by atoms with van der Waals surface area (Å²) in [5, 5.41) is 10.1. The highest BCUT2D eigenvalue weighted by Crippen LogP contribution is 2.17. The molecule has 0 heterocycles. The van der Waals surface area contributed by atoms with E-state index in [1.165, 1.54) is 0 Å². The van der Waals surface area contributed by atoms with Crippen LogP contribution in [-0.4, -0.2) is 17.8 Å². The lowest BCUT2D eigenvalue weighted by Gasteiger charge is -2.09. The van der Waals surface area contributed by atoms with E-state index in [4.69, 9.17) is 16.3 Å². The topological polar surface area (TPSA) is 29.5 Å². The molecule has 1 aromatic carbocycles. The van der Waals surface area contributed by atoms with Gasteiger partial charge in [0.1, 0.15) is 18.5 Å². The van der Waals surface area contributed by atoms with Crippen LogP contribution in [0.25, 0.3) is 0 Å². The van der Waals surface area contributed by atoms with Gasteiger partial charge >= 0.3 is 0 Å². The Morgan fingerprint density at radius 3 is 2.87 bits per heavy atom. The number of hydrogen-bond donors (Lipinski definition) is 1. The van der Waals surface area contributed by atoms with E-state index in [2.05, 4.69) is 0 Å². The van der Waals surface area contributed by atoms with Crippen LogP contribution in [0, 0.1) is 0 Å². The van der Waals surface area contributed by atoms with Crippen molar-refractivity contribution in [3.05, 3.63) is 40.9 Å². The summed E-state index contributed by atoms with van der Waals surface area (Å²) in [5.41, 5.74) is 1.07. The van der Waals surface area contributed by atoms with E-state index >= 15 is 0 Å². The van der Waals surface area contributed by atoms with Crippen LogP contribution in [0.2, 0.25) is 5.02 Å². The number of rotatable bonds is 4. The Labute approximate surface area is 95.1 Å². The maximum atomic E-state index is 9.52. The second-order valence-electron chi connectivity index (χ2n) is 3.58. The molecule has 0 radical (unpaired) electrons. The fraction of sp³-hybridized carbons (Fsp3) is 0.333. The van der Waals surface area contributed by atoms with Crippen molar-refractivity contribution in [3.8, 4) is 5.75 Å². The molecule has 0 aromatic heterocycles. The fourth-order valence-corrected chi connectivity index (χ4v) is 1.35. The molecule has 0 aliphatic heterocycles. The summed E-state index contributed by atoms with van der Waals surface area (Å²) >= 11 is 5.79. The van der Waals surface area contributed by atoms with E-state index in [-0.39, 0.29) is 6.61 Å². The largest absolute Gasteiger partial charge is 0.491 e. The maximum absolute atomic E-state index is 9.52. The van der Waals surface area contributed by atoms with E-state index in [9.17, 15) is 5.11 Å². The van der Waals surface area contributed by atoms with Crippen LogP contribution < -0.4 is 4.74 Å². The van der Waals surface area contributed by atoms with Gasteiger partial charge in [0.15, 0.2) is 0 Å². The second kappa shape index (κ2) is 5.79. The van der Waals surface area contributed by atoms with Gasteiger partial charge in [-0.2, -0.15) is 0 Å². The first-order chi connectivity index (χ1) is 7.08. The summed E-state index contributed by atoms with van der Waals surface area (Å²) in [6.07, 6.45) is 1.18. The van der Waals surface area contributed by atoms with Gasteiger partial charge in [0.2, 0.25) is 0 Å². The summed E-state index contributed by atoms with van der Waals surface area (Å²) < 4.78 is 5.37. The SMILES string of the molecule is CC(C)=CC(O)COc1cccc(Cl)c1. The van der Waals surface area contributed by atoms with Crippen LogP contribution in [0.4, 0.5) is 0 Å². The minimum absolute atomic E-state index is 0.242. The Balaban J connectivity index is 2.47. The summed E-state index contributed by atoms with van der Waals surface area (Å²) in [6.45, 7) is 4.11. The summed E-state index contributed by atoms with van der Waals surface area (Å²) in [7, 11) is 0. The number of halogens is 1. The summed E-state index contributed by atoms with van der Waals surface area (Å²) in [5.74, 6) is 0.670. The molecule has 82 valence electrons. The lowest BCUT2D eigenvalue weighted by atomic mass is 10.2. The minimum Gasteiger partial charge on any atom is -0.491 e. The van der Waals surface area contributed by atoms with E-state index in [1.54, 1.807) is 24.3 Å². The predicted octanol–water partition coefficient (Wildman–Crippen LogP) is 3.05. The highest BCUT2D eigenvalue weighted by molar-refractivity contribution is 6.30. The first kappa shape index (κ1) is 12.1. The Morgan fingerprint density at radius 2 is 2.27 bits per heavy atom. The van der Waals surface area contributed by atoms with Crippen LogP contribution in [0.5, 0.6) is 5.75 Å². The Kier molecular flexibility index (Phi) is 4.66. The number of hydrogen-bond acceptors (Lipinski definition) is 2. The van der Waals surface area contributed by atoms with Gasteiger partial charge in [-0.05, 0) is 32.0 Å². The minimum atomic E-state index is -0.575. The van der Waals surface area contributed by atoms with Crippen molar-refractivity contribution in [2.24, 2.45) is 0 Å². The van der Waals surface area contributed by atoms with Gasteiger partial charge in [-0.25, -0.2) is 0 Å². The highest BCUT2D eigenvalue weighted by atomic mass is 35.5. The Morgan fingerprint density at radius 1 is 1.53 bits per heavy atom. The van der Waals surface area contributed by atoms with Crippen molar-refractivity contribution in [1.29, 1.82) is 0 Å². The Hall–Kier alpha value is -0.990. The number of allylic oxidation sites excluding steroid dienone is 1. The second-order valence-corrected chi connectivity index (χ2v) is 4.02. The van der Waals surface area contributed by atoms with Crippen LogP contribution in [0.3, 0.4) is 0 Å². The summed E-state index contributed by atoms with van der Waals surface area (Å²) in [4.78, 5) is 0. The van der Waals surface area contributed by atoms with Crippen molar-refractivity contribution in [2.45, 2.75) is 20.0 Å². The van der Waals surface area contributed by atoms with Crippen molar-refractivity contribution in [1.82, 2.24) is 0 Å². The van der Waals surface area contributed by atoms with Crippen LogP contribution in [-0.2, 0) is 0 Å². The molecule has 0 fully saturated rings. The number of ether oxygens (including phenoxy) is 1. The highest BCUT2D eigenvalue weighted by Gasteiger charge is 2.01. The molecule has 0 amide bonds. The molecule has 3 heteroatoms. The van der Waals surface area contributed by atoms with Crippen LogP contribution in [0.15, 0.2) is 35.9 Å². The molecular weight excluding hydrogens is 212 g/mol. The molecule has 15 heavy (non-hydrogen) atoms. The monoisotopic (exact) mass is 226 g/mol. The van der Waals surface area contributed by atoms with Gasteiger partial charge in [0, 0.05) is 5.02 Å². The van der Waals surface area contributed by atoms with Crippen molar-refractivity contribution in [2.75, 3.05) is 6.61 Å². The molecular formula is C12H15ClO2. The molecule has 1 N–H and O–H groups in total. The maximum Gasteiger partial charge on any atom is 0.120 e. The van der Waals surface area contributed by atoms with Gasteiger partial charge in [-0.3, -0.25) is 0 Å². The van der Waals surface area contributed by atoms with Crippen molar-refractivity contribution >= 4 is 11.6 Å². The molecule has 1 atom stereocenters. The van der Waals surface area contributed by atoms with Gasteiger partial charge in [0.05, 0.1) is 0 Å². The molecule has 1 rings (SSSR count). The standard InChI is InChI=1S/C12H15ClO2/c1-9(2)6-11(14)8-15-12-5-3-4-10(13)7-12/h3-7,11,14H,8H2,1-2H3. The lowest BCUT2D eigenvalue weighted by Crippen LogP contribution is -2.14. The molecule has 2 nitrogen and oxygen atoms in total. The molecule has 0 saturated carbocycles. The third-order valence-corrected chi connectivity index (χ3v) is 1.98. The van der Waals surface area contributed by atoms with Crippen molar-refractivity contribution in [3.63, 3.8) is 0 Å². The summed E-state index contributed by atoms with van der Waals surface area (Å²) in [6, 6.07) is 7.11. The van der Waals surface area contributed by atoms with E-state index in [0.717, 1.165) is 5.57 Å². The van der Waals surface area contributed by atoms with Gasteiger partial charge in [-0.1, -0.05) is 29.3 Å². The zero-order chi connectivity index (χ0) is 11.3. The molecule has 0 saturated heterocycles.